The highest BCUT2D eigenvalue weighted by atomic mass is 16.2. The van der Waals surface area contributed by atoms with Gasteiger partial charge in [-0.15, -0.1) is 0 Å². The maximum absolute atomic E-state index is 12.8. The summed E-state index contributed by atoms with van der Waals surface area (Å²) in [6.45, 7) is 5.26. The van der Waals surface area contributed by atoms with Crippen molar-refractivity contribution in [1.29, 1.82) is 0 Å². The van der Waals surface area contributed by atoms with Crippen LogP contribution in [0.3, 0.4) is 0 Å². The molecule has 6 nitrogen and oxygen atoms in total. The number of hydrogen-bond donors (Lipinski definition) is 0. The number of carbonyl (C=O) groups excluding carboxylic acids is 2. The van der Waals surface area contributed by atoms with Gasteiger partial charge >= 0.3 is 0 Å². The number of rotatable bonds is 2. The van der Waals surface area contributed by atoms with Crippen LogP contribution in [0.1, 0.15) is 48.3 Å². The fraction of sp³-hybridized carbons (Fsp3) is 0.611. The van der Waals surface area contributed by atoms with Crippen LogP contribution in [0.4, 0.5) is 0 Å². The molecular formula is C18H26N4O2. The van der Waals surface area contributed by atoms with Gasteiger partial charge in [0.2, 0.25) is 5.91 Å². The van der Waals surface area contributed by atoms with Crippen molar-refractivity contribution >= 4 is 11.8 Å². The Bertz CT molecular complexity index is 619. The number of nitrogens with zero attached hydrogens (tertiary/aromatic N) is 4. The van der Waals surface area contributed by atoms with Crippen molar-refractivity contribution in [2.75, 3.05) is 39.8 Å². The first kappa shape index (κ1) is 16.9. The third-order valence-corrected chi connectivity index (χ3v) is 5.14. The highest BCUT2D eigenvalue weighted by molar-refractivity contribution is 5.92. The molecule has 2 aliphatic heterocycles. The lowest BCUT2D eigenvalue weighted by atomic mass is 10.0. The van der Waals surface area contributed by atoms with E-state index in [1.807, 2.05) is 21.9 Å². The summed E-state index contributed by atoms with van der Waals surface area (Å²) >= 11 is 0. The molecule has 0 N–H and O–H groups in total. The first-order valence-electron chi connectivity index (χ1n) is 8.77. The van der Waals surface area contributed by atoms with E-state index in [4.69, 9.17) is 0 Å². The number of hydrogen-bond acceptors (Lipinski definition) is 4. The predicted molar refractivity (Wildman–Crippen MR) is 91.6 cm³/mol. The summed E-state index contributed by atoms with van der Waals surface area (Å²) in [7, 11) is 2.13. The standard InChI is InChI=1S/C18H26N4O2/c1-14(23)21-9-4-10-22(12-11-21)18(24)16-13-15(6-7-19-16)17-5-3-8-20(17)2/h6-7,13,17H,3-5,8-12H2,1-2H3. The Balaban J connectivity index is 1.72. The van der Waals surface area contributed by atoms with Gasteiger partial charge in [-0.3, -0.25) is 19.5 Å². The molecule has 2 fully saturated rings. The van der Waals surface area contributed by atoms with Crippen LogP contribution >= 0.6 is 0 Å². The average Bonchev–Trinajstić information content (AvgIpc) is 2.85. The molecule has 0 aliphatic carbocycles. The van der Waals surface area contributed by atoms with Crippen molar-refractivity contribution in [2.24, 2.45) is 0 Å². The Kier molecular flexibility index (Phi) is 5.14. The van der Waals surface area contributed by atoms with E-state index < -0.39 is 0 Å². The molecule has 1 aromatic heterocycles. The summed E-state index contributed by atoms with van der Waals surface area (Å²) in [6.07, 6.45) is 4.88. The topological polar surface area (TPSA) is 56.8 Å². The van der Waals surface area contributed by atoms with Crippen molar-refractivity contribution in [3.05, 3.63) is 29.6 Å². The quantitative estimate of drug-likeness (QED) is 0.825. The molecule has 0 spiro atoms. The molecule has 2 saturated heterocycles. The highest BCUT2D eigenvalue weighted by Crippen LogP contribution is 2.30. The maximum atomic E-state index is 12.8. The number of likely N-dealkylation sites (tertiary alicyclic amines) is 1. The third kappa shape index (κ3) is 3.59. The normalized spacial score (nSPS) is 22.5. The van der Waals surface area contributed by atoms with E-state index in [0.29, 0.717) is 31.4 Å². The summed E-state index contributed by atoms with van der Waals surface area (Å²) in [5.41, 5.74) is 1.69. The van der Waals surface area contributed by atoms with Crippen LogP contribution in [0, 0.1) is 0 Å². The second-order valence-corrected chi connectivity index (χ2v) is 6.76. The van der Waals surface area contributed by atoms with E-state index in [1.54, 1.807) is 13.1 Å². The van der Waals surface area contributed by atoms with Gasteiger partial charge in [-0.05, 0) is 50.6 Å². The number of pyridine rings is 1. The van der Waals surface area contributed by atoms with Crippen LogP contribution in [0.5, 0.6) is 0 Å². The molecule has 0 radical (unpaired) electrons. The SMILES string of the molecule is CC(=O)N1CCCN(C(=O)c2cc(C3CCCN3C)ccn2)CC1. The Labute approximate surface area is 143 Å². The van der Waals surface area contributed by atoms with Crippen LogP contribution in [0.2, 0.25) is 0 Å². The van der Waals surface area contributed by atoms with Gasteiger partial charge in [0.25, 0.3) is 5.91 Å². The molecule has 3 rings (SSSR count). The molecule has 24 heavy (non-hydrogen) atoms. The zero-order valence-electron chi connectivity index (χ0n) is 14.6. The van der Waals surface area contributed by atoms with Gasteiger partial charge in [0.1, 0.15) is 5.69 Å². The highest BCUT2D eigenvalue weighted by Gasteiger charge is 2.25. The Morgan fingerprint density at radius 1 is 1.08 bits per heavy atom. The first-order chi connectivity index (χ1) is 11.6. The van der Waals surface area contributed by atoms with Crippen LogP contribution in [0.15, 0.2) is 18.3 Å². The monoisotopic (exact) mass is 330 g/mol. The van der Waals surface area contributed by atoms with Gasteiger partial charge in [0.15, 0.2) is 0 Å². The molecule has 1 unspecified atom stereocenters. The Hall–Kier alpha value is -1.95. The van der Waals surface area contributed by atoms with Crippen molar-refractivity contribution < 1.29 is 9.59 Å². The minimum Gasteiger partial charge on any atom is -0.341 e. The van der Waals surface area contributed by atoms with Crippen LogP contribution in [-0.2, 0) is 4.79 Å². The van der Waals surface area contributed by atoms with E-state index in [0.717, 1.165) is 25.9 Å². The van der Waals surface area contributed by atoms with Gasteiger partial charge in [-0.1, -0.05) is 0 Å². The number of aromatic nitrogens is 1. The summed E-state index contributed by atoms with van der Waals surface area (Å²) in [5.74, 6) is 0.0524. The second kappa shape index (κ2) is 7.30. The zero-order chi connectivity index (χ0) is 17.1. The predicted octanol–water partition coefficient (Wildman–Crippen LogP) is 1.54. The second-order valence-electron chi connectivity index (χ2n) is 6.76. The Morgan fingerprint density at radius 3 is 2.54 bits per heavy atom. The van der Waals surface area contributed by atoms with E-state index in [1.165, 1.54) is 12.0 Å². The number of carbonyl (C=O) groups is 2. The fourth-order valence-electron chi connectivity index (χ4n) is 3.70. The molecule has 3 heterocycles. The third-order valence-electron chi connectivity index (χ3n) is 5.14. The van der Waals surface area contributed by atoms with Gasteiger partial charge in [0, 0.05) is 45.3 Å². The lowest BCUT2D eigenvalue weighted by Gasteiger charge is -2.23. The van der Waals surface area contributed by atoms with Gasteiger partial charge < -0.3 is 9.80 Å². The lowest BCUT2D eigenvalue weighted by Crippen LogP contribution is -2.36. The van der Waals surface area contributed by atoms with Crippen LogP contribution in [-0.4, -0.2) is 71.3 Å². The molecule has 0 aromatic carbocycles. The molecule has 0 saturated carbocycles. The van der Waals surface area contributed by atoms with Crippen molar-refractivity contribution in [2.45, 2.75) is 32.2 Å². The molecule has 130 valence electrons. The van der Waals surface area contributed by atoms with Gasteiger partial charge in [-0.25, -0.2) is 0 Å². The molecule has 6 heteroatoms. The molecule has 1 atom stereocenters. The Morgan fingerprint density at radius 2 is 1.83 bits per heavy atom. The maximum Gasteiger partial charge on any atom is 0.272 e. The van der Waals surface area contributed by atoms with E-state index >= 15 is 0 Å². The van der Waals surface area contributed by atoms with Crippen molar-refractivity contribution in [3.63, 3.8) is 0 Å². The minimum absolute atomic E-state index is 0.0251. The largest absolute Gasteiger partial charge is 0.341 e. The summed E-state index contributed by atoms with van der Waals surface area (Å²) < 4.78 is 0. The summed E-state index contributed by atoms with van der Waals surface area (Å²) in [5, 5.41) is 0. The molecule has 2 amide bonds. The molecule has 0 bridgehead atoms. The van der Waals surface area contributed by atoms with Crippen molar-refractivity contribution in [3.8, 4) is 0 Å². The fourth-order valence-corrected chi connectivity index (χ4v) is 3.70. The van der Waals surface area contributed by atoms with Gasteiger partial charge in [-0.2, -0.15) is 0 Å². The van der Waals surface area contributed by atoms with E-state index in [9.17, 15) is 9.59 Å². The smallest absolute Gasteiger partial charge is 0.272 e. The summed E-state index contributed by atoms with van der Waals surface area (Å²) in [6, 6.07) is 4.35. The molecular weight excluding hydrogens is 304 g/mol. The van der Waals surface area contributed by atoms with E-state index in [2.05, 4.69) is 16.9 Å². The van der Waals surface area contributed by atoms with Crippen molar-refractivity contribution in [1.82, 2.24) is 19.7 Å². The molecule has 1 aromatic rings. The van der Waals surface area contributed by atoms with E-state index in [-0.39, 0.29) is 11.8 Å². The lowest BCUT2D eigenvalue weighted by molar-refractivity contribution is -0.128. The molecule has 2 aliphatic rings. The summed E-state index contributed by atoms with van der Waals surface area (Å²) in [4.78, 5) is 34.6. The van der Waals surface area contributed by atoms with Crippen LogP contribution < -0.4 is 0 Å². The zero-order valence-corrected chi connectivity index (χ0v) is 14.6. The van der Waals surface area contributed by atoms with Crippen LogP contribution in [0.25, 0.3) is 0 Å². The average molecular weight is 330 g/mol. The first-order valence-corrected chi connectivity index (χ1v) is 8.77. The van der Waals surface area contributed by atoms with Gasteiger partial charge in [0.05, 0.1) is 0 Å². The minimum atomic E-state index is -0.0251. The number of amides is 2.